The summed E-state index contributed by atoms with van der Waals surface area (Å²) in [4.78, 5) is 4.96. The molecule has 19 heavy (non-hydrogen) atoms. The monoisotopic (exact) mass is 260 g/mol. The van der Waals surface area contributed by atoms with Crippen LogP contribution in [0.3, 0.4) is 0 Å². The fourth-order valence-electron chi connectivity index (χ4n) is 2.91. The third-order valence-electron chi connectivity index (χ3n) is 4.02. The Morgan fingerprint density at radius 3 is 2.74 bits per heavy atom. The van der Waals surface area contributed by atoms with Crippen molar-refractivity contribution in [1.29, 1.82) is 5.26 Å². The average Bonchev–Trinajstić information content (AvgIpc) is 2.47. The van der Waals surface area contributed by atoms with Crippen LogP contribution in [0.25, 0.3) is 0 Å². The average molecular weight is 260 g/mol. The second-order valence-electron chi connectivity index (χ2n) is 5.17. The Bertz CT molecular complexity index is 503. The van der Waals surface area contributed by atoms with E-state index >= 15 is 0 Å². The first-order chi connectivity index (χ1) is 9.26. The van der Waals surface area contributed by atoms with E-state index in [0.29, 0.717) is 11.6 Å². The molecule has 3 saturated heterocycles. The first-order valence-corrected chi connectivity index (χ1v) is 6.66. The van der Waals surface area contributed by atoms with Crippen LogP contribution in [0.4, 0.5) is 10.1 Å². The predicted octanol–water partition coefficient (Wildman–Crippen LogP) is 1.11. The molecule has 3 aliphatic rings. The van der Waals surface area contributed by atoms with Crippen LogP contribution in [0, 0.1) is 17.1 Å². The van der Waals surface area contributed by atoms with Crippen molar-refractivity contribution in [1.82, 2.24) is 9.80 Å². The highest BCUT2D eigenvalue weighted by Crippen LogP contribution is 2.19. The molecular formula is C14H17FN4. The lowest BCUT2D eigenvalue weighted by Crippen LogP contribution is -2.62. The van der Waals surface area contributed by atoms with Crippen LogP contribution in [0.15, 0.2) is 18.2 Å². The number of hydrogen-bond donors (Lipinski definition) is 1. The molecule has 0 spiro atoms. The molecule has 0 saturated carbocycles. The third kappa shape index (κ3) is 2.55. The van der Waals surface area contributed by atoms with Crippen LogP contribution in [0.2, 0.25) is 0 Å². The van der Waals surface area contributed by atoms with Gasteiger partial charge in [0.15, 0.2) is 0 Å². The quantitative estimate of drug-likeness (QED) is 0.884. The molecule has 5 heteroatoms. The third-order valence-corrected chi connectivity index (χ3v) is 4.02. The molecule has 0 aliphatic carbocycles. The Labute approximate surface area is 112 Å². The van der Waals surface area contributed by atoms with Crippen LogP contribution in [-0.2, 0) is 0 Å². The second-order valence-corrected chi connectivity index (χ2v) is 5.17. The standard InChI is InChI=1S/C14H17FN4/c15-12-1-2-14(11(7-12)8-16)17-9-13-10-18-3-5-19(13)6-4-18/h1-2,7,13,17H,3-6,9-10H2. The van der Waals surface area contributed by atoms with Gasteiger partial charge in [-0.15, -0.1) is 0 Å². The van der Waals surface area contributed by atoms with Crippen molar-refractivity contribution >= 4 is 5.69 Å². The smallest absolute Gasteiger partial charge is 0.124 e. The van der Waals surface area contributed by atoms with Crippen molar-refractivity contribution in [2.75, 3.05) is 44.6 Å². The van der Waals surface area contributed by atoms with E-state index in [0.717, 1.165) is 45.0 Å². The van der Waals surface area contributed by atoms with Crippen molar-refractivity contribution in [3.63, 3.8) is 0 Å². The van der Waals surface area contributed by atoms with Gasteiger partial charge in [0.05, 0.1) is 11.3 Å². The summed E-state index contributed by atoms with van der Waals surface area (Å²) < 4.78 is 13.1. The Hall–Kier alpha value is -1.64. The maximum Gasteiger partial charge on any atom is 0.124 e. The maximum absolute atomic E-state index is 13.1. The van der Waals surface area contributed by atoms with Crippen molar-refractivity contribution in [2.24, 2.45) is 0 Å². The summed E-state index contributed by atoms with van der Waals surface area (Å²) in [7, 11) is 0. The number of nitriles is 1. The molecule has 3 fully saturated rings. The van der Waals surface area contributed by atoms with Crippen LogP contribution in [0.5, 0.6) is 0 Å². The van der Waals surface area contributed by atoms with Gasteiger partial charge < -0.3 is 5.32 Å². The van der Waals surface area contributed by atoms with Crippen molar-refractivity contribution in [3.8, 4) is 6.07 Å². The van der Waals surface area contributed by atoms with Gasteiger partial charge >= 0.3 is 0 Å². The second kappa shape index (κ2) is 5.16. The first kappa shape index (κ1) is 12.4. The number of benzene rings is 1. The number of halogens is 1. The van der Waals surface area contributed by atoms with Crippen LogP contribution in [-0.4, -0.2) is 55.1 Å². The number of piperazine rings is 3. The van der Waals surface area contributed by atoms with Gasteiger partial charge in [0.1, 0.15) is 11.9 Å². The SMILES string of the molecule is N#Cc1cc(F)ccc1NCC1CN2CCN1CC2. The van der Waals surface area contributed by atoms with E-state index in [1.165, 1.54) is 12.1 Å². The van der Waals surface area contributed by atoms with E-state index in [1.54, 1.807) is 6.07 Å². The molecular weight excluding hydrogens is 243 g/mol. The number of rotatable bonds is 3. The number of nitrogens with one attached hydrogen (secondary N) is 1. The lowest BCUT2D eigenvalue weighted by Gasteiger charge is -2.47. The Morgan fingerprint density at radius 1 is 1.32 bits per heavy atom. The molecule has 0 radical (unpaired) electrons. The molecule has 4 nitrogen and oxygen atoms in total. The first-order valence-electron chi connectivity index (χ1n) is 6.66. The lowest BCUT2D eigenvalue weighted by atomic mass is 10.1. The van der Waals surface area contributed by atoms with E-state index in [2.05, 4.69) is 15.1 Å². The van der Waals surface area contributed by atoms with E-state index in [4.69, 9.17) is 5.26 Å². The minimum Gasteiger partial charge on any atom is -0.382 e. The van der Waals surface area contributed by atoms with Crippen LogP contribution < -0.4 is 5.32 Å². The lowest BCUT2D eigenvalue weighted by molar-refractivity contribution is 0.0189. The predicted molar refractivity (Wildman–Crippen MR) is 71.4 cm³/mol. The number of anilines is 1. The normalized spacial score (nSPS) is 28.9. The Balaban J connectivity index is 1.65. The van der Waals surface area contributed by atoms with Gasteiger partial charge in [-0.25, -0.2) is 4.39 Å². The molecule has 0 amide bonds. The molecule has 3 aliphatic heterocycles. The molecule has 1 N–H and O–H groups in total. The molecule has 100 valence electrons. The van der Waals surface area contributed by atoms with Gasteiger partial charge in [-0.05, 0) is 18.2 Å². The topological polar surface area (TPSA) is 42.3 Å². The zero-order chi connectivity index (χ0) is 13.2. The van der Waals surface area contributed by atoms with Crippen molar-refractivity contribution in [2.45, 2.75) is 6.04 Å². The van der Waals surface area contributed by atoms with Crippen LogP contribution >= 0.6 is 0 Å². The molecule has 0 aromatic heterocycles. The summed E-state index contributed by atoms with van der Waals surface area (Å²) >= 11 is 0. The van der Waals surface area contributed by atoms with E-state index in [9.17, 15) is 4.39 Å². The molecule has 1 aromatic carbocycles. The van der Waals surface area contributed by atoms with Gasteiger partial charge in [-0.2, -0.15) is 5.26 Å². The van der Waals surface area contributed by atoms with Gasteiger partial charge in [-0.3, -0.25) is 9.80 Å². The molecule has 1 atom stereocenters. The molecule has 4 rings (SSSR count). The number of hydrogen-bond acceptors (Lipinski definition) is 4. The summed E-state index contributed by atoms with van der Waals surface area (Å²) in [5.74, 6) is -0.367. The van der Waals surface area contributed by atoms with Gasteiger partial charge in [0.25, 0.3) is 0 Å². The van der Waals surface area contributed by atoms with Crippen LogP contribution in [0.1, 0.15) is 5.56 Å². The molecule has 1 aromatic rings. The minimum atomic E-state index is -0.367. The summed E-state index contributed by atoms with van der Waals surface area (Å²) in [5.41, 5.74) is 1.10. The van der Waals surface area contributed by atoms with Gasteiger partial charge in [0, 0.05) is 45.3 Å². The Morgan fingerprint density at radius 2 is 2.11 bits per heavy atom. The highest BCUT2D eigenvalue weighted by atomic mass is 19.1. The highest BCUT2D eigenvalue weighted by Gasteiger charge is 2.31. The summed E-state index contributed by atoms with van der Waals surface area (Å²) in [6, 6.07) is 6.83. The van der Waals surface area contributed by atoms with Crippen molar-refractivity contribution in [3.05, 3.63) is 29.6 Å². The largest absolute Gasteiger partial charge is 0.382 e. The fourth-order valence-corrected chi connectivity index (χ4v) is 2.91. The van der Waals surface area contributed by atoms with Gasteiger partial charge in [-0.1, -0.05) is 0 Å². The van der Waals surface area contributed by atoms with E-state index < -0.39 is 0 Å². The molecule has 3 heterocycles. The summed E-state index contributed by atoms with van der Waals surface area (Å²) in [6.07, 6.45) is 0. The highest BCUT2D eigenvalue weighted by molar-refractivity contribution is 5.57. The fraction of sp³-hybridized carbons (Fsp3) is 0.500. The van der Waals surface area contributed by atoms with E-state index in [-0.39, 0.29) is 5.82 Å². The summed E-state index contributed by atoms with van der Waals surface area (Å²) in [6.45, 7) is 6.46. The summed E-state index contributed by atoms with van der Waals surface area (Å²) in [5, 5.41) is 12.3. The van der Waals surface area contributed by atoms with Gasteiger partial charge in [0.2, 0.25) is 0 Å². The zero-order valence-corrected chi connectivity index (χ0v) is 10.8. The maximum atomic E-state index is 13.1. The Kier molecular flexibility index (Phi) is 3.36. The molecule has 1 unspecified atom stereocenters. The minimum absolute atomic E-state index is 0.367. The number of fused-ring (bicyclic) bond motifs is 3. The van der Waals surface area contributed by atoms with Crippen molar-refractivity contribution < 1.29 is 4.39 Å². The molecule has 2 bridgehead atoms. The zero-order valence-electron chi connectivity index (χ0n) is 10.8. The number of nitrogens with zero attached hydrogens (tertiary/aromatic N) is 3. The van der Waals surface area contributed by atoms with E-state index in [1.807, 2.05) is 6.07 Å².